The number of carbonyl (C=O) groups is 1. The van der Waals surface area contributed by atoms with E-state index in [4.69, 9.17) is 26.2 Å². The van der Waals surface area contributed by atoms with Gasteiger partial charge < -0.3 is 40.3 Å². The van der Waals surface area contributed by atoms with Crippen molar-refractivity contribution in [3.8, 4) is 16.9 Å². The molecule has 50 heavy (non-hydrogen) atoms. The highest BCUT2D eigenvalue weighted by atomic mass is 35.5. The highest BCUT2D eigenvalue weighted by Crippen LogP contribution is 2.53. The third-order valence-electron chi connectivity index (χ3n) is 9.40. The minimum absolute atomic E-state index is 0.0219. The first-order chi connectivity index (χ1) is 23.9. The van der Waals surface area contributed by atoms with Crippen molar-refractivity contribution in [2.45, 2.75) is 79.7 Å². The Kier molecular flexibility index (Phi) is 11.1. The molecule has 0 radical (unpaired) electrons. The van der Waals surface area contributed by atoms with Gasteiger partial charge in [-0.05, 0) is 73.1 Å². The Hall–Kier alpha value is -3.18. The third kappa shape index (κ3) is 8.14. The Morgan fingerprint density at radius 3 is 2.44 bits per heavy atom. The fraction of sp³-hybridized carbons (Fsp3) is 0.486. The zero-order valence-corrected chi connectivity index (χ0v) is 28.8. The standard InChI is InChI=1S/C35H42ClN3O10S/c36-28-8-7-24(50(46,47)39-17-21(18-39)13-32(43)38-16-29(41)33(44)34(45)30(42)19-40)14-22(28)20-48-35(10-11-35)27-15-37-12-9-25(27)26-3-1-2-4-31(26)49-23-5-6-23/h1-4,7-9,12,14-15,21,23,29-30,33-34,40-42,44-45H,5-6,10-11,13,16-20H2,(H,38,43)/t29-,30+,33+,34+/m0/s1. The summed E-state index contributed by atoms with van der Waals surface area (Å²) in [7, 11) is -3.89. The molecule has 2 aliphatic carbocycles. The van der Waals surface area contributed by atoms with E-state index < -0.39 is 59.1 Å². The molecule has 6 N–H and O–H groups in total. The summed E-state index contributed by atoms with van der Waals surface area (Å²) in [6, 6.07) is 14.4. The summed E-state index contributed by atoms with van der Waals surface area (Å²) in [5, 5.41) is 50.8. The van der Waals surface area contributed by atoms with Gasteiger partial charge in [-0.15, -0.1) is 0 Å². The smallest absolute Gasteiger partial charge is 0.243 e. The molecular formula is C35H42ClN3O10S. The molecule has 2 aromatic carbocycles. The number of sulfonamides is 1. The normalized spacial score (nSPS) is 20.0. The second-order valence-electron chi connectivity index (χ2n) is 13.3. The minimum atomic E-state index is -3.89. The average molecular weight is 732 g/mol. The minimum Gasteiger partial charge on any atom is -0.490 e. The third-order valence-corrected chi connectivity index (χ3v) is 11.6. The number of hydrogen-bond donors (Lipinski definition) is 6. The number of benzene rings is 2. The van der Waals surface area contributed by atoms with Crippen LogP contribution in [-0.4, -0.2) is 106 Å². The second-order valence-corrected chi connectivity index (χ2v) is 15.6. The van der Waals surface area contributed by atoms with Gasteiger partial charge in [0.15, 0.2) is 0 Å². The number of aromatic nitrogens is 1. The number of pyridine rings is 1. The van der Waals surface area contributed by atoms with E-state index in [0.29, 0.717) is 10.6 Å². The Morgan fingerprint density at radius 2 is 1.74 bits per heavy atom. The molecule has 0 unspecified atom stereocenters. The highest BCUT2D eigenvalue weighted by Gasteiger charge is 2.48. The molecule has 2 heterocycles. The van der Waals surface area contributed by atoms with E-state index >= 15 is 0 Å². The van der Waals surface area contributed by atoms with E-state index in [-0.39, 0.29) is 43.0 Å². The van der Waals surface area contributed by atoms with Gasteiger partial charge in [0, 0.05) is 54.6 Å². The molecule has 1 aromatic heterocycles. The summed E-state index contributed by atoms with van der Waals surface area (Å²) >= 11 is 6.53. The van der Waals surface area contributed by atoms with Crippen LogP contribution in [0.2, 0.25) is 5.02 Å². The maximum Gasteiger partial charge on any atom is 0.243 e. The van der Waals surface area contributed by atoms with Gasteiger partial charge in [0.1, 0.15) is 24.1 Å². The van der Waals surface area contributed by atoms with Gasteiger partial charge in [-0.25, -0.2) is 8.42 Å². The van der Waals surface area contributed by atoms with Gasteiger partial charge in [0.2, 0.25) is 15.9 Å². The molecule has 3 aliphatic rings. The number of ether oxygens (including phenoxy) is 2. The fourth-order valence-corrected chi connectivity index (χ4v) is 7.84. The number of para-hydroxylation sites is 1. The van der Waals surface area contributed by atoms with Gasteiger partial charge >= 0.3 is 0 Å². The van der Waals surface area contributed by atoms with E-state index in [1.165, 1.54) is 22.5 Å². The lowest BCUT2D eigenvalue weighted by atomic mass is 9.96. The van der Waals surface area contributed by atoms with Crippen LogP contribution in [0.1, 0.15) is 43.2 Å². The number of amides is 1. The maximum absolute atomic E-state index is 13.5. The number of rotatable bonds is 17. The van der Waals surface area contributed by atoms with Gasteiger partial charge in [-0.1, -0.05) is 29.8 Å². The zero-order valence-electron chi connectivity index (χ0n) is 27.3. The number of aliphatic hydroxyl groups excluding tert-OH is 5. The van der Waals surface area contributed by atoms with Crippen LogP contribution >= 0.6 is 11.6 Å². The van der Waals surface area contributed by atoms with Gasteiger partial charge in [0.05, 0.1) is 35.9 Å². The number of nitrogens with one attached hydrogen (secondary N) is 1. The molecule has 3 aromatic rings. The highest BCUT2D eigenvalue weighted by molar-refractivity contribution is 7.89. The first-order valence-corrected chi connectivity index (χ1v) is 18.5. The van der Waals surface area contributed by atoms with Crippen molar-refractivity contribution < 1.29 is 48.2 Å². The molecule has 270 valence electrons. The Balaban J connectivity index is 1.05. The first-order valence-electron chi connectivity index (χ1n) is 16.6. The molecule has 1 amide bonds. The summed E-state index contributed by atoms with van der Waals surface area (Å²) < 4.78 is 41.0. The van der Waals surface area contributed by atoms with Crippen molar-refractivity contribution >= 4 is 27.5 Å². The molecule has 4 atom stereocenters. The van der Waals surface area contributed by atoms with Crippen LogP contribution in [0.3, 0.4) is 0 Å². The lowest BCUT2D eigenvalue weighted by molar-refractivity contribution is -0.127. The van der Waals surface area contributed by atoms with Crippen LogP contribution < -0.4 is 10.1 Å². The second kappa shape index (κ2) is 15.2. The van der Waals surface area contributed by atoms with Crippen LogP contribution in [0.15, 0.2) is 65.8 Å². The Labute approximate surface area is 295 Å². The number of nitrogens with zero attached hydrogens (tertiary/aromatic N) is 2. The average Bonchev–Trinajstić information content (AvgIpc) is 4.05. The van der Waals surface area contributed by atoms with Crippen molar-refractivity contribution in [1.29, 1.82) is 0 Å². The van der Waals surface area contributed by atoms with Crippen LogP contribution in [0.5, 0.6) is 5.75 Å². The predicted molar refractivity (Wildman–Crippen MR) is 181 cm³/mol. The summed E-state index contributed by atoms with van der Waals surface area (Å²) in [6.45, 7) is -0.934. The summed E-state index contributed by atoms with van der Waals surface area (Å²) in [5.74, 6) is 0.0670. The van der Waals surface area contributed by atoms with Gasteiger partial charge in [-0.3, -0.25) is 9.78 Å². The van der Waals surface area contributed by atoms with Crippen molar-refractivity contribution in [3.63, 3.8) is 0 Å². The molecule has 1 aliphatic heterocycles. The topological polar surface area (TPSA) is 199 Å². The number of aliphatic hydroxyl groups is 5. The monoisotopic (exact) mass is 731 g/mol. The summed E-state index contributed by atoms with van der Waals surface area (Å²) in [4.78, 5) is 16.9. The zero-order chi connectivity index (χ0) is 35.6. The van der Waals surface area contributed by atoms with Crippen LogP contribution in [0.25, 0.3) is 11.1 Å². The van der Waals surface area contributed by atoms with E-state index in [2.05, 4.69) is 10.3 Å². The van der Waals surface area contributed by atoms with Crippen molar-refractivity contribution in [1.82, 2.24) is 14.6 Å². The molecule has 0 bridgehead atoms. The van der Waals surface area contributed by atoms with E-state index in [1.54, 1.807) is 6.20 Å². The molecule has 0 spiro atoms. The van der Waals surface area contributed by atoms with Crippen LogP contribution in [0, 0.1) is 5.92 Å². The van der Waals surface area contributed by atoms with Gasteiger partial charge in [0.25, 0.3) is 0 Å². The molecule has 13 nitrogen and oxygen atoms in total. The number of halogens is 1. The fourth-order valence-electron chi connectivity index (χ4n) is 6.03. The van der Waals surface area contributed by atoms with E-state index in [1.807, 2.05) is 36.5 Å². The molecule has 1 saturated heterocycles. The lowest BCUT2D eigenvalue weighted by Crippen LogP contribution is -2.52. The maximum atomic E-state index is 13.5. The van der Waals surface area contributed by atoms with Crippen LogP contribution in [-0.2, 0) is 31.8 Å². The Bertz CT molecular complexity index is 1780. The van der Waals surface area contributed by atoms with Crippen molar-refractivity contribution in [2.75, 3.05) is 26.2 Å². The van der Waals surface area contributed by atoms with E-state index in [0.717, 1.165) is 48.1 Å². The molecular weight excluding hydrogens is 690 g/mol. The quantitative estimate of drug-likeness (QED) is 0.118. The van der Waals surface area contributed by atoms with Crippen molar-refractivity contribution in [3.05, 3.63) is 77.1 Å². The Morgan fingerprint density at radius 1 is 1.02 bits per heavy atom. The number of hydrogen-bond acceptors (Lipinski definition) is 11. The summed E-state index contributed by atoms with van der Waals surface area (Å²) in [5.41, 5.74) is 2.80. The molecule has 2 saturated carbocycles. The lowest BCUT2D eigenvalue weighted by Gasteiger charge is -2.38. The SMILES string of the molecule is O=C(CC1CN(S(=O)(=O)c2ccc(Cl)c(COC3(c4cnccc4-c4ccccc4OC4CC4)CC3)c2)C1)NC[C@H](O)[C@@H](O)[C@H](O)[C@H](O)CO. The largest absolute Gasteiger partial charge is 0.490 e. The molecule has 15 heteroatoms. The summed E-state index contributed by atoms with van der Waals surface area (Å²) in [6.07, 6.45) is 0.554. The molecule has 3 fully saturated rings. The number of carbonyl (C=O) groups excluding carboxylic acids is 1. The molecule has 6 rings (SSSR count). The van der Waals surface area contributed by atoms with Crippen LogP contribution in [0.4, 0.5) is 0 Å². The van der Waals surface area contributed by atoms with Crippen molar-refractivity contribution in [2.24, 2.45) is 5.92 Å². The van der Waals surface area contributed by atoms with Gasteiger partial charge in [-0.2, -0.15) is 4.31 Å². The first kappa shape index (κ1) is 36.6. The van der Waals surface area contributed by atoms with E-state index in [9.17, 15) is 33.6 Å². The predicted octanol–water partition coefficient (Wildman–Crippen LogP) is 1.71.